The Morgan fingerprint density at radius 3 is 1.00 bits per heavy atom. The van der Waals surface area contributed by atoms with Crippen LogP contribution >= 0.6 is 0 Å². The van der Waals surface area contributed by atoms with E-state index in [-0.39, 0.29) is 18.3 Å². The highest BCUT2D eigenvalue weighted by molar-refractivity contribution is 4.60. The van der Waals surface area contributed by atoms with Crippen LogP contribution in [-0.4, -0.2) is 159 Å². The van der Waals surface area contributed by atoms with E-state index >= 15 is 0 Å². The zero-order chi connectivity index (χ0) is 27.9. The van der Waals surface area contributed by atoms with Crippen molar-refractivity contribution in [3.63, 3.8) is 0 Å². The normalized spacial score (nSPS) is 14.1. The first kappa shape index (κ1) is 37.5. The first-order valence-electron chi connectivity index (χ1n) is 13.2. The van der Waals surface area contributed by atoms with E-state index in [9.17, 15) is 0 Å². The van der Waals surface area contributed by atoms with Crippen molar-refractivity contribution in [1.29, 1.82) is 0 Å². The summed E-state index contributed by atoms with van der Waals surface area (Å²) in [4.78, 5) is 0. The molecule has 0 aliphatic rings. The SMILES string of the molecule is [CH2]CC(COCCOCC(COCCOC)OCCOC)OCCOCC(COCCOC)OCCOC. The summed E-state index contributed by atoms with van der Waals surface area (Å²) >= 11 is 0. The number of methoxy groups -OCH3 is 4. The second-order valence-electron chi connectivity index (χ2n) is 8.11. The highest BCUT2D eigenvalue weighted by atomic mass is 16.6. The van der Waals surface area contributed by atoms with Crippen LogP contribution in [0, 0.1) is 6.92 Å². The van der Waals surface area contributed by atoms with Crippen LogP contribution in [0.1, 0.15) is 6.42 Å². The number of hydrogen-bond acceptors (Lipinski definition) is 12. The maximum absolute atomic E-state index is 5.83. The standard InChI is InChI=1S/C26H53O12/c1-6-24(36-18-15-35-23-26(38-17-10-30-5)21-32-12-8-28-3)19-33-13-14-34-22-25(37-16-9-29-4)20-31-11-7-27-2/h24-26H,1,6-23H2,2-5H3. The van der Waals surface area contributed by atoms with Gasteiger partial charge in [0.15, 0.2) is 0 Å². The van der Waals surface area contributed by atoms with Crippen LogP contribution in [0.4, 0.5) is 0 Å². The smallest absolute Gasteiger partial charge is 0.104 e. The minimum Gasteiger partial charge on any atom is -0.382 e. The molecule has 3 unspecified atom stereocenters. The van der Waals surface area contributed by atoms with Crippen molar-refractivity contribution in [3.05, 3.63) is 6.92 Å². The molecule has 3 atom stereocenters. The highest BCUT2D eigenvalue weighted by Crippen LogP contribution is 2.01. The highest BCUT2D eigenvalue weighted by Gasteiger charge is 2.12. The van der Waals surface area contributed by atoms with Gasteiger partial charge in [-0.15, -0.1) is 0 Å². The fourth-order valence-corrected chi connectivity index (χ4v) is 2.85. The Balaban J connectivity index is 3.97. The van der Waals surface area contributed by atoms with Crippen LogP contribution in [0.3, 0.4) is 0 Å². The molecule has 0 saturated carbocycles. The lowest BCUT2D eigenvalue weighted by atomic mass is 10.3. The van der Waals surface area contributed by atoms with E-state index in [0.29, 0.717) is 119 Å². The maximum Gasteiger partial charge on any atom is 0.104 e. The quantitative estimate of drug-likeness (QED) is 0.110. The van der Waals surface area contributed by atoms with E-state index in [2.05, 4.69) is 6.92 Å². The molecule has 229 valence electrons. The van der Waals surface area contributed by atoms with Crippen molar-refractivity contribution in [2.45, 2.75) is 24.7 Å². The van der Waals surface area contributed by atoms with Gasteiger partial charge in [0.25, 0.3) is 0 Å². The first-order chi connectivity index (χ1) is 18.7. The summed E-state index contributed by atoms with van der Waals surface area (Å²) in [6.45, 7) is 11.8. The molecule has 0 spiro atoms. The zero-order valence-corrected chi connectivity index (χ0v) is 24.1. The summed E-state index contributed by atoms with van der Waals surface area (Å²) < 4.78 is 65.5. The third-order valence-corrected chi connectivity index (χ3v) is 4.94. The van der Waals surface area contributed by atoms with Crippen LogP contribution in [0.5, 0.6) is 0 Å². The van der Waals surface area contributed by atoms with Crippen LogP contribution in [-0.2, 0) is 56.8 Å². The number of hydrogen-bond donors (Lipinski definition) is 0. The predicted molar refractivity (Wildman–Crippen MR) is 141 cm³/mol. The second-order valence-corrected chi connectivity index (χ2v) is 8.11. The summed E-state index contributed by atoms with van der Waals surface area (Å²) in [5.74, 6) is 0. The van der Waals surface area contributed by atoms with Gasteiger partial charge in [0.2, 0.25) is 0 Å². The van der Waals surface area contributed by atoms with Crippen molar-refractivity contribution < 1.29 is 56.8 Å². The first-order valence-corrected chi connectivity index (χ1v) is 13.2. The van der Waals surface area contributed by atoms with Crippen LogP contribution in [0.15, 0.2) is 0 Å². The van der Waals surface area contributed by atoms with Gasteiger partial charge >= 0.3 is 0 Å². The molecule has 0 N–H and O–H groups in total. The number of rotatable bonds is 32. The minimum absolute atomic E-state index is 0.121. The summed E-state index contributed by atoms with van der Waals surface area (Å²) in [5, 5.41) is 0. The molecule has 38 heavy (non-hydrogen) atoms. The molecule has 0 aliphatic carbocycles. The van der Waals surface area contributed by atoms with Crippen molar-refractivity contribution in [2.24, 2.45) is 0 Å². The molecular weight excluding hydrogens is 504 g/mol. The largest absolute Gasteiger partial charge is 0.382 e. The molecule has 12 nitrogen and oxygen atoms in total. The average molecular weight is 558 g/mol. The van der Waals surface area contributed by atoms with Crippen molar-refractivity contribution in [1.82, 2.24) is 0 Å². The molecule has 0 heterocycles. The second kappa shape index (κ2) is 31.1. The molecule has 0 saturated heterocycles. The van der Waals surface area contributed by atoms with E-state index in [1.165, 1.54) is 0 Å². The third kappa shape index (κ3) is 25.8. The Hall–Kier alpha value is -0.480. The molecular formula is C26H53O12. The van der Waals surface area contributed by atoms with Gasteiger partial charge in [-0.3, -0.25) is 0 Å². The van der Waals surface area contributed by atoms with Gasteiger partial charge < -0.3 is 56.8 Å². The fourth-order valence-electron chi connectivity index (χ4n) is 2.85. The molecule has 0 aliphatic heterocycles. The zero-order valence-electron chi connectivity index (χ0n) is 24.1. The molecule has 12 heteroatoms. The van der Waals surface area contributed by atoms with Crippen molar-refractivity contribution >= 4 is 0 Å². The van der Waals surface area contributed by atoms with Gasteiger partial charge in [-0.05, 0) is 6.42 Å². The Labute approximate surface area is 229 Å². The van der Waals surface area contributed by atoms with E-state index < -0.39 is 0 Å². The fraction of sp³-hybridized carbons (Fsp3) is 0.962. The predicted octanol–water partition coefficient (Wildman–Crippen LogP) is 1.03. The van der Waals surface area contributed by atoms with Gasteiger partial charge in [-0.1, -0.05) is 6.92 Å². The Kier molecular flexibility index (Phi) is 30.7. The van der Waals surface area contributed by atoms with Gasteiger partial charge in [0.05, 0.1) is 118 Å². The molecule has 0 rings (SSSR count). The molecule has 0 aromatic heterocycles. The van der Waals surface area contributed by atoms with E-state index in [1.807, 2.05) is 0 Å². The van der Waals surface area contributed by atoms with Gasteiger partial charge in [-0.2, -0.15) is 0 Å². The van der Waals surface area contributed by atoms with Crippen molar-refractivity contribution in [3.8, 4) is 0 Å². The molecule has 1 radical (unpaired) electrons. The molecule has 0 aromatic carbocycles. The Bertz CT molecular complexity index is 446. The van der Waals surface area contributed by atoms with Crippen molar-refractivity contribution in [2.75, 3.05) is 141 Å². The summed E-state index contributed by atoms with van der Waals surface area (Å²) in [5.41, 5.74) is 0. The van der Waals surface area contributed by atoms with Gasteiger partial charge in [0, 0.05) is 28.4 Å². The lowest BCUT2D eigenvalue weighted by molar-refractivity contribution is -0.0917. The molecule has 0 bridgehead atoms. The van der Waals surface area contributed by atoms with Crippen LogP contribution in [0.25, 0.3) is 0 Å². The lowest BCUT2D eigenvalue weighted by Crippen LogP contribution is -2.29. The monoisotopic (exact) mass is 557 g/mol. The molecule has 0 aromatic rings. The van der Waals surface area contributed by atoms with Gasteiger partial charge in [-0.25, -0.2) is 0 Å². The third-order valence-electron chi connectivity index (χ3n) is 4.94. The van der Waals surface area contributed by atoms with E-state index in [1.54, 1.807) is 28.4 Å². The Morgan fingerprint density at radius 1 is 0.368 bits per heavy atom. The summed E-state index contributed by atoms with van der Waals surface area (Å²) in [6, 6.07) is 0. The van der Waals surface area contributed by atoms with Crippen LogP contribution in [0.2, 0.25) is 0 Å². The average Bonchev–Trinajstić information content (AvgIpc) is 2.93. The lowest BCUT2D eigenvalue weighted by Gasteiger charge is -2.20. The van der Waals surface area contributed by atoms with Crippen LogP contribution < -0.4 is 0 Å². The molecule has 0 fully saturated rings. The summed E-state index contributed by atoms with van der Waals surface area (Å²) in [6.07, 6.45) is 0.102. The maximum atomic E-state index is 5.83. The van der Waals surface area contributed by atoms with E-state index in [0.717, 1.165) is 0 Å². The number of ether oxygens (including phenoxy) is 12. The minimum atomic E-state index is -0.184. The topological polar surface area (TPSA) is 111 Å². The van der Waals surface area contributed by atoms with E-state index in [4.69, 9.17) is 56.8 Å². The molecule has 0 amide bonds. The van der Waals surface area contributed by atoms with Gasteiger partial charge in [0.1, 0.15) is 12.2 Å². The Morgan fingerprint density at radius 2 is 0.632 bits per heavy atom. The summed E-state index contributed by atoms with van der Waals surface area (Å²) in [7, 11) is 6.54.